The number of benzene rings is 1. The lowest BCUT2D eigenvalue weighted by Gasteiger charge is -2.29. The monoisotopic (exact) mass is 284 g/mol. The molecule has 21 heavy (non-hydrogen) atoms. The Hall–Kier alpha value is -1.26. The molecule has 0 amide bonds. The molecule has 114 valence electrons. The fraction of sp³-hybridized carbons (Fsp3) is 0.600. The highest BCUT2D eigenvalue weighted by atomic mass is 16.2. The van der Waals surface area contributed by atoms with E-state index in [4.69, 9.17) is 5.11 Å². The first kappa shape index (κ1) is 16.1. The molecule has 1 saturated carbocycles. The van der Waals surface area contributed by atoms with E-state index in [0.29, 0.717) is 0 Å². The van der Waals surface area contributed by atoms with Gasteiger partial charge in [-0.3, -0.25) is 0 Å². The average Bonchev–Trinajstić information content (AvgIpc) is 2.54. The number of hydrogen-bond acceptors (Lipinski definition) is 1. The smallest absolute Gasteiger partial charge is 0.104 e. The fourth-order valence-electron chi connectivity index (χ4n) is 3.45. The Kier molecular flexibility index (Phi) is 6.83. The first-order valence-electron chi connectivity index (χ1n) is 8.53. The van der Waals surface area contributed by atoms with Crippen LogP contribution in [0.3, 0.4) is 0 Å². The van der Waals surface area contributed by atoms with Gasteiger partial charge < -0.3 is 5.11 Å². The molecule has 0 unspecified atom stereocenters. The summed E-state index contributed by atoms with van der Waals surface area (Å²) in [5, 5.41) is 8.71. The van der Waals surface area contributed by atoms with E-state index in [1.54, 1.807) is 0 Å². The van der Waals surface area contributed by atoms with Crippen molar-refractivity contribution in [2.75, 3.05) is 6.61 Å². The summed E-state index contributed by atoms with van der Waals surface area (Å²) >= 11 is 0. The van der Waals surface area contributed by atoms with Gasteiger partial charge in [0.2, 0.25) is 0 Å². The third kappa shape index (κ3) is 5.21. The molecule has 2 rings (SSSR count). The quantitative estimate of drug-likeness (QED) is 0.603. The van der Waals surface area contributed by atoms with Crippen molar-refractivity contribution in [3.05, 3.63) is 35.4 Å². The van der Waals surface area contributed by atoms with Crippen LogP contribution < -0.4 is 0 Å². The van der Waals surface area contributed by atoms with Crippen molar-refractivity contribution in [2.45, 2.75) is 64.2 Å². The van der Waals surface area contributed by atoms with Crippen molar-refractivity contribution in [3.63, 3.8) is 0 Å². The number of aliphatic hydroxyl groups is 1. The lowest BCUT2D eigenvalue weighted by atomic mass is 9.77. The highest BCUT2D eigenvalue weighted by Crippen LogP contribution is 2.37. The van der Waals surface area contributed by atoms with E-state index in [0.717, 1.165) is 17.4 Å². The normalized spacial score (nSPS) is 21.6. The zero-order valence-corrected chi connectivity index (χ0v) is 13.3. The molecule has 0 atom stereocenters. The molecule has 1 heteroatoms. The van der Waals surface area contributed by atoms with Crippen molar-refractivity contribution in [1.82, 2.24) is 0 Å². The van der Waals surface area contributed by atoms with Gasteiger partial charge >= 0.3 is 0 Å². The maximum atomic E-state index is 8.71. The van der Waals surface area contributed by atoms with Crippen molar-refractivity contribution < 1.29 is 5.11 Å². The zero-order chi connectivity index (χ0) is 14.9. The molecule has 0 aliphatic heterocycles. The zero-order valence-electron chi connectivity index (χ0n) is 13.3. The molecule has 1 aliphatic rings. The van der Waals surface area contributed by atoms with Crippen LogP contribution in [0.5, 0.6) is 0 Å². The summed E-state index contributed by atoms with van der Waals surface area (Å²) in [5.74, 6) is 7.38. The highest BCUT2D eigenvalue weighted by molar-refractivity contribution is 5.37. The Morgan fingerprint density at radius 1 is 1.05 bits per heavy atom. The Bertz CT molecular complexity index is 455. The fourth-order valence-corrected chi connectivity index (χ4v) is 3.45. The lowest BCUT2D eigenvalue weighted by molar-refractivity contribution is 0.303. The van der Waals surface area contributed by atoms with Gasteiger partial charge in [-0.25, -0.2) is 0 Å². The minimum absolute atomic E-state index is 0.0657. The van der Waals surface area contributed by atoms with Crippen LogP contribution in [-0.2, 0) is 0 Å². The Morgan fingerprint density at radius 3 is 2.38 bits per heavy atom. The third-order valence-corrected chi connectivity index (χ3v) is 4.76. The van der Waals surface area contributed by atoms with Crippen LogP contribution in [0.15, 0.2) is 24.3 Å². The van der Waals surface area contributed by atoms with Crippen LogP contribution >= 0.6 is 0 Å². The van der Waals surface area contributed by atoms with Gasteiger partial charge in [-0.05, 0) is 55.2 Å². The predicted molar refractivity (Wildman–Crippen MR) is 89.2 cm³/mol. The van der Waals surface area contributed by atoms with Crippen molar-refractivity contribution in [3.8, 4) is 11.8 Å². The standard InChI is InChI=1S/C20H28O/c1-2-3-4-6-17-8-12-19(13-9-17)20-14-10-18(11-15-20)7-5-16-21/h10-11,14-15,17,19,21H,2-4,6,8-9,12-13,16H2,1H3. The van der Waals surface area contributed by atoms with Gasteiger partial charge in [0.05, 0.1) is 0 Å². The maximum absolute atomic E-state index is 8.71. The summed E-state index contributed by atoms with van der Waals surface area (Å²) in [6, 6.07) is 8.63. The van der Waals surface area contributed by atoms with Crippen molar-refractivity contribution in [2.24, 2.45) is 5.92 Å². The van der Waals surface area contributed by atoms with Crippen molar-refractivity contribution >= 4 is 0 Å². The number of rotatable bonds is 5. The van der Waals surface area contributed by atoms with Gasteiger partial charge in [-0.2, -0.15) is 0 Å². The van der Waals surface area contributed by atoms with Crippen LogP contribution in [-0.4, -0.2) is 11.7 Å². The first-order valence-corrected chi connectivity index (χ1v) is 8.53. The molecule has 0 bridgehead atoms. The molecule has 0 heterocycles. The van der Waals surface area contributed by atoms with Crippen LogP contribution in [0.2, 0.25) is 0 Å². The van der Waals surface area contributed by atoms with E-state index in [2.05, 4.69) is 43.0 Å². The van der Waals surface area contributed by atoms with Gasteiger partial charge in [-0.1, -0.05) is 56.6 Å². The Morgan fingerprint density at radius 2 is 1.76 bits per heavy atom. The van der Waals surface area contributed by atoms with Gasteiger partial charge in [0.15, 0.2) is 0 Å². The maximum Gasteiger partial charge on any atom is 0.104 e. The largest absolute Gasteiger partial charge is 0.384 e. The lowest BCUT2D eigenvalue weighted by Crippen LogP contribution is -2.13. The summed E-state index contributed by atoms with van der Waals surface area (Å²) in [6.07, 6.45) is 11.1. The van der Waals surface area contributed by atoms with E-state index in [1.165, 1.54) is 56.9 Å². The second-order valence-corrected chi connectivity index (χ2v) is 6.30. The van der Waals surface area contributed by atoms with E-state index in [-0.39, 0.29) is 6.61 Å². The predicted octanol–water partition coefficient (Wildman–Crippen LogP) is 4.88. The molecule has 0 spiro atoms. The molecule has 1 aromatic carbocycles. The molecular weight excluding hydrogens is 256 g/mol. The van der Waals surface area contributed by atoms with Gasteiger partial charge in [0.25, 0.3) is 0 Å². The second-order valence-electron chi connectivity index (χ2n) is 6.30. The number of unbranched alkanes of at least 4 members (excludes halogenated alkanes) is 2. The SMILES string of the molecule is CCCCCC1CCC(c2ccc(C#CCO)cc2)CC1. The van der Waals surface area contributed by atoms with Gasteiger partial charge in [0.1, 0.15) is 6.61 Å². The number of aliphatic hydroxyl groups excluding tert-OH is 1. The molecule has 1 N–H and O–H groups in total. The molecule has 0 saturated heterocycles. The molecule has 1 nitrogen and oxygen atoms in total. The highest BCUT2D eigenvalue weighted by Gasteiger charge is 2.21. The minimum atomic E-state index is -0.0657. The van der Waals surface area contributed by atoms with E-state index < -0.39 is 0 Å². The summed E-state index contributed by atoms with van der Waals surface area (Å²) < 4.78 is 0. The van der Waals surface area contributed by atoms with Gasteiger partial charge in [0, 0.05) is 5.56 Å². The molecule has 0 radical (unpaired) electrons. The van der Waals surface area contributed by atoms with Crippen LogP contribution in [0.25, 0.3) is 0 Å². The van der Waals surface area contributed by atoms with E-state index >= 15 is 0 Å². The minimum Gasteiger partial charge on any atom is -0.384 e. The van der Waals surface area contributed by atoms with Crippen LogP contribution in [0.4, 0.5) is 0 Å². The first-order chi connectivity index (χ1) is 10.3. The molecule has 1 aliphatic carbocycles. The van der Waals surface area contributed by atoms with Gasteiger partial charge in [-0.15, -0.1) is 0 Å². The molecule has 0 aromatic heterocycles. The second kappa shape index (κ2) is 8.90. The van der Waals surface area contributed by atoms with Crippen LogP contribution in [0.1, 0.15) is 75.3 Å². The topological polar surface area (TPSA) is 20.2 Å². The summed E-state index contributed by atoms with van der Waals surface area (Å²) in [7, 11) is 0. The van der Waals surface area contributed by atoms with Crippen molar-refractivity contribution in [1.29, 1.82) is 0 Å². The van der Waals surface area contributed by atoms with E-state index in [9.17, 15) is 0 Å². The summed E-state index contributed by atoms with van der Waals surface area (Å²) in [5.41, 5.74) is 2.47. The summed E-state index contributed by atoms with van der Waals surface area (Å²) in [6.45, 7) is 2.22. The molecule has 1 aromatic rings. The van der Waals surface area contributed by atoms with Crippen LogP contribution in [0, 0.1) is 17.8 Å². The molecular formula is C20H28O. The Labute approximate surface area is 129 Å². The molecule has 1 fully saturated rings. The Balaban J connectivity index is 1.81. The average molecular weight is 284 g/mol. The third-order valence-electron chi connectivity index (χ3n) is 4.76. The van der Waals surface area contributed by atoms with E-state index in [1.807, 2.05) is 0 Å². The summed E-state index contributed by atoms with van der Waals surface area (Å²) in [4.78, 5) is 0. The number of hydrogen-bond donors (Lipinski definition) is 1.